The number of hydrogen-bond acceptors (Lipinski definition) is 6. The lowest BCUT2D eigenvalue weighted by Crippen LogP contribution is -2.18. The van der Waals surface area contributed by atoms with Crippen LogP contribution in [0.4, 0.5) is 5.69 Å². The van der Waals surface area contributed by atoms with E-state index in [2.05, 4.69) is 15.5 Å². The van der Waals surface area contributed by atoms with Crippen LogP contribution in [0.15, 0.2) is 84.3 Å². The molecule has 156 valence electrons. The van der Waals surface area contributed by atoms with E-state index in [-0.39, 0.29) is 11.7 Å². The van der Waals surface area contributed by atoms with E-state index in [9.17, 15) is 9.59 Å². The molecular formula is C22H19N5O3S. The van der Waals surface area contributed by atoms with E-state index in [1.807, 2.05) is 64.2 Å². The summed E-state index contributed by atoms with van der Waals surface area (Å²) in [7, 11) is 1.30. The molecule has 0 spiro atoms. The average molecular weight is 433 g/mol. The molecular weight excluding hydrogens is 414 g/mol. The summed E-state index contributed by atoms with van der Waals surface area (Å²) < 4.78 is 8.47. The lowest BCUT2D eigenvalue weighted by atomic mass is 10.2. The first kappa shape index (κ1) is 20.4. The number of hydrogen-bond donors (Lipinski definition) is 1. The molecule has 1 N–H and O–H groups in total. The molecule has 0 radical (unpaired) electrons. The second-order valence-corrected chi connectivity index (χ2v) is 7.36. The molecule has 9 heteroatoms. The van der Waals surface area contributed by atoms with Crippen molar-refractivity contribution in [2.75, 3.05) is 18.2 Å². The summed E-state index contributed by atoms with van der Waals surface area (Å²) in [4.78, 5) is 24.5. The summed E-state index contributed by atoms with van der Waals surface area (Å²) in [6, 6.07) is 20.2. The van der Waals surface area contributed by atoms with Gasteiger partial charge in [0.15, 0.2) is 5.82 Å². The molecule has 8 nitrogen and oxygen atoms in total. The zero-order valence-electron chi connectivity index (χ0n) is 16.6. The molecule has 0 aliphatic rings. The maximum Gasteiger partial charge on any atom is 0.339 e. The summed E-state index contributed by atoms with van der Waals surface area (Å²) in [6.45, 7) is 0. The number of benzene rings is 2. The van der Waals surface area contributed by atoms with Crippen molar-refractivity contribution >= 4 is 29.3 Å². The first-order chi connectivity index (χ1) is 15.2. The Balaban J connectivity index is 1.54. The molecule has 0 bridgehead atoms. The van der Waals surface area contributed by atoms with Crippen LogP contribution in [0.1, 0.15) is 10.4 Å². The highest BCUT2D eigenvalue weighted by Gasteiger charge is 2.18. The molecule has 4 rings (SSSR count). The van der Waals surface area contributed by atoms with E-state index in [1.54, 1.807) is 24.3 Å². The van der Waals surface area contributed by atoms with Crippen molar-refractivity contribution in [2.45, 2.75) is 5.16 Å². The highest BCUT2D eigenvalue weighted by molar-refractivity contribution is 7.99. The number of amides is 1. The third-order valence-corrected chi connectivity index (χ3v) is 5.32. The van der Waals surface area contributed by atoms with Gasteiger partial charge in [-0.2, -0.15) is 0 Å². The van der Waals surface area contributed by atoms with Crippen molar-refractivity contribution in [3.63, 3.8) is 0 Å². The van der Waals surface area contributed by atoms with Crippen LogP contribution in [0.2, 0.25) is 0 Å². The van der Waals surface area contributed by atoms with Gasteiger partial charge in [-0.05, 0) is 24.3 Å². The smallest absolute Gasteiger partial charge is 0.339 e. The number of anilines is 1. The van der Waals surface area contributed by atoms with E-state index in [0.29, 0.717) is 22.2 Å². The standard InChI is InChI=1S/C22H19N5O3S/c1-30-21(29)17-11-5-6-12-18(17)23-19(28)15-31-22-25-24-20(16-9-3-2-4-10-16)27(22)26-13-7-8-14-26/h2-14H,15H2,1H3,(H,23,28). The van der Waals surface area contributed by atoms with E-state index in [4.69, 9.17) is 4.74 Å². The predicted molar refractivity (Wildman–Crippen MR) is 118 cm³/mol. The number of ether oxygens (including phenoxy) is 1. The average Bonchev–Trinajstić information content (AvgIpc) is 3.48. The maximum atomic E-state index is 12.6. The van der Waals surface area contributed by atoms with Gasteiger partial charge in [0, 0.05) is 18.0 Å². The molecule has 2 heterocycles. The Morgan fingerprint density at radius 2 is 1.68 bits per heavy atom. The van der Waals surface area contributed by atoms with Crippen LogP contribution < -0.4 is 5.32 Å². The number of nitrogens with zero attached hydrogens (tertiary/aromatic N) is 4. The van der Waals surface area contributed by atoms with Gasteiger partial charge in [0.2, 0.25) is 11.1 Å². The fourth-order valence-corrected chi connectivity index (χ4v) is 3.72. The Labute approximate surface area is 182 Å². The van der Waals surface area contributed by atoms with Gasteiger partial charge in [-0.25, -0.2) is 9.47 Å². The minimum absolute atomic E-state index is 0.0870. The van der Waals surface area contributed by atoms with Crippen LogP contribution in [0, 0.1) is 0 Å². The number of rotatable bonds is 7. The van der Waals surface area contributed by atoms with E-state index < -0.39 is 5.97 Å². The molecule has 2 aromatic heterocycles. The van der Waals surface area contributed by atoms with Crippen molar-refractivity contribution in [3.05, 3.63) is 84.7 Å². The van der Waals surface area contributed by atoms with Gasteiger partial charge in [-0.3, -0.25) is 9.47 Å². The molecule has 0 aliphatic heterocycles. The SMILES string of the molecule is COC(=O)c1ccccc1NC(=O)CSc1nnc(-c2ccccc2)n1-n1cccc1. The van der Waals surface area contributed by atoms with Crippen molar-refractivity contribution in [3.8, 4) is 11.4 Å². The Morgan fingerprint density at radius 3 is 2.42 bits per heavy atom. The van der Waals surface area contributed by atoms with Crippen molar-refractivity contribution in [1.29, 1.82) is 0 Å². The molecule has 4 aromatic rings. The number of para-hydroxylation sites is 1. The Bertz CT molecular complexity index is 1190. The van der Waals surface area contributed by atoms with Crippen LogP contribution in [0.25, 0.3) is 11.4 Å². The Kier molecular flexibility index (Phi) is 6.13. The first-order valence-electron chi connectivity index (χ1n) is 9.42. The third kappa shape index (κ3) is 4.51. The Hall–Kier alpha value is -3.85. The van der Waals surface area contributed by atoms with Crippen molar-refractivity contribution in [1.82, 2.24) is 19.5 Å². The molecule has 31 heavy (non-hydrogen) atoms. The number of methoxy groups -OCH3 is 1. The highest BCUT2D eigenvalue weighted by atomic mass is 32.2. The van der Waals surface area contributed by atoms with Gasteiger partial charge in [0.1, 0.15) is 0 Å². The van der Waals surface area contributed by atoms with Gasteiger partial charge in [0.05, 0.1) is 24.1 Å². The lowest BCUT2D eigenvalue weighted by molar-refractivity contribution is -0.113. The number of nitrogens with one attached hydrogen (secondary N) is 1. The number of esters is 1. The molecule has 0 unspecified atom stereocenters. The van der Waals surface area contributed by atoms with E-state index >= 15 is 0 Å². The Morgan fingerprint density at radius 1 is 0.968 bits per heavy atom. The summed E-state index contributed by atoms with van der Waals surface area (Å²) in [5.74, 6) is -0.0345. The van der Waals surface area contributed by atoms with Gasteiger partial charge in [-0.15, -0.1) is 10.2 Å². The molecule has 0 fully saturated rings. The van der Waals surface area contributed by atoms with Crippen molar-refractivity contribution in [2.24, 2.45) is 0 Å². The van der Waals surface area contributed by atoms with E-state index in [1.165, 1.54) is 18.9 Å². The van der Waals surface area contributed by atoms with Crippen molar-refractivity contribution < 1.29 is 14.3 Å². The molecule has 0 aliphatic carbocycles. The second kappa shape index (κ2) is 9.31. The summed E-state index contributed by atoms with van der Waals surface area (Å²) in [5, 5.41) is 11.9. The van der Waals surface area contributed by atoms with Crippen LogP contribution in [-0.4, -0.2) is 44.3 Å². The van der Waals surface area contributed by atoms with Gasteiger partial charge in [-0.1, -0.05) is 54.2 Å². The number of carbonyl (C=O) groups excluding carboxylic acids is 2. The van der Waals surface area contributed by atoms with E-state index in [0.717, 1.165) is 5.56 Å². The predicted octanol–water partition coefficient (Wildman–Crippen LogP) is 3.58. The summed E-state index contributed by atoms with van der Waals surface area (Å²) in [6.07, 6.45) is 3.76. The minimum Gasteiger partial charge on any atom is -0.465 e. The van der Waals surface area contributed by atoms with Gasteiger partial charge in [0.25, 0.3) is 0 Å². The molecule has 0 atom stereocenters. The van der Waals surface area contributed by atoms with Crippen LogP contribution in [0.5, 0.6) is 0 Å². The summed E-state index contributed by atoms with van der Waals surface area (Å²) in [5.41, 5.74) is 1.61. The fourth-order valence-electron chi connectivity index (χ4n) is 2.99. The number of carbonyl (C=O) groups is 2. The first-order valence-corrected chi connectivity index (χ1v) is 10.4. The topological polar surface area (TPSA) is 91.0 Å². The molecule has 0 saturated carbocycles. The molecule has 1 amide bonds. The maximum absolute atomic E-state index is 12.6. The number of aromatic nitrogens is 4. The molecule has 2 aromatic carbocycles. The lowest BCUT2D eigenvalue weighted by Gasteiger charge is -2.12. The fraction of sp³-hybridized carbons (Fsp3) is 0.0909. The van der Waals surface area contributed by atoms with Gasteiger partial charge >= 0.3 is 5.97 Å². The minimum atomic E-state index is -0.511. The number of thioether (sulfide) groups is 1. The monoisotopic (exact) mass is 433 g/mol. The second-order valence-electron chi connectivity index (χ2n) is 6.42. The van der Waals surface area contributed by atoms with Crippen LogP contribution in [0.3, 0.4) is 0 Å². The normalized spacial score (nSPS) is 10.6. The molecule has 0 saturated heterocycles. The van der Waals surface area contributed by atoms with Crippen LogP contribution in [-0.2, 0) is 9.53 Å². The zero-order valence-corrected chi connectivity index (χ0v) is 17.5. The third-order valence-electron chi connectivity index (χ3n) is 4.40. The van der Waals surface area contributed by atoms with Gasteiger partial charge < -0.3 is 10.1 Å². The quantitative estimate of drug-likeness (QED) is 0.354. The summed E-state index contributed by atoms with van der Waals surface area (Å²) >= 11 is 1.25. The van der Waals surface area contributed by atoms with Crippen LogP contribution >= 0.6 is 11.8 Å². The largest absolute Gasteiger partial charge is 0.465 e. The zero-order chi connectivity index (χ0) is 21.6. The highest BCUT2D eigenvalue weighted by Crippen LogP contribution is 2.25.